The summed E-state index contributed by atoms with van der Waals surface area (Å²) in [5.74, 6) is 0. The molecule has 3 rings (SSSR count). The zero-order valence-corrected chi connectivity index (χ0v) is 19.6. The number of aryl methyl sites for hydroxylation is 3. The van der Waals surface area contributed by atoms with Crippen LogP contribution >= 0.6 is 0 Å². The average molecular weight is 453 g/mol. The molecule has 0 aliphatic carbocycles. The van der Waals surface area contributed by atoms with Crippen LogP contribution in [0.2, 0.25) is 11.4 Å². The second-order valence-electron chi connectivity index (χ2n) is 6.29. The summed E-state index contributed by atoms with van der Waals surface area (Å²) >= 11 is -0.766. The van der Waals surface area contributed by atoms with Crippen LogP contribution < -0.4 is 13.1 Å². The van der Waals surface area contributed by atoms with Crippen molar-refractivity contribution >= 4 is 43.5 Å². The third kappa shape index (κ3) is 5.91. The summed E-state index contributed by atoms with van der Waals surface area (Å²) in [7, 11) is 0. The topological polar surface area (TPSA) is 0 Å². The summed E-state index contributed by atoms with van der Waals surface area (Å²) in [5, 5.41) is 0. The number of benzene rings is 3. The molecule has 0 aliphatic rings. The SMILES string of the molecule is C[As]C.Cc1ccc([As](c2ccc(C)cc2)c2ccc(C)cc2)cc1. The van der Waals surface area contributed by atoms with E-state index in [4.69, 9.17) is 0 Å². The zero-order valence-electron chi connectivity index (χ0n) is 15.8. The van der Waals surface area contributed by atoms with Gasteiger partial charge in [-0.05, 0) is 0 Å². The quantitative estimate of drug-likeness (QED) is 0.528. The minimum absolute atomic E-state index is 0.688. The molecule has 0 nitrogen and oxygen atoms in total. The van der Waals surface area contributed by atoms with E-state index >= 15 is 0 Å². The van der Waals surface area contributed by atoms with E-state index in [1.807, 2.05) is 0 Å². The van der Waals surface area contributed by atoms with E-state index < -0.39 is 14.7 Å². The Morgan fingerprint density at radius 3 is 0.880 bits per heavy atom. The molecule has 0 aliphatic heterocycles. The Bertz CT molecular complexity index is 649. The fraction of sp³-hybridized carbons (Fsp3) is 0.217. The second kappa shape index (κ2) is 10.1. The van der Waals surface area contributed by atoms with Crippen LogP contribution in [0.25, 0.3) is 0 Å². The zero-order chi connectivity index (χ0) is 18.2. The van der Waals surface area contributed by atoms with Gasteiger partial charge in [0.05, 0.1) is 0 Å². The molecule has 0 bridgehead atoms. The maximum absolute atomic E-state index is 2.31. The summed E-state index contributed by atoms with van der Waals surface area (Å²) in [6.45, 7) is 6.45. The number of hydrogen-bond acceptors (Lipinski definition) is 0. The molecule has 1 radical (unpaired) electrons. The summed E-state index contributed by atoms with van der Waals surface area (Å²) in [5.41, 5.74) is 8.41. The van der Waals surface area contributed by atoms with Crippen LogP contribution in [0, 0.1) is 20.8 Å². The van der Waals surface area contributed by atoms with Crippen molar-refractivity contribution in [1.29, 1.82) is 0 Å². The van der Waals surface area contributed by atoms with Gasteiger partial charge in [0.2, 0.25) is 0 Å². The Labute approximate surface area is 164 Å². The first-order valence-corrected chi connectivity index (χ1v) is 15.1. The summed E-state index contributed by atoms with van der Waals surface area (Å²) in [6.07, 6.45) is 0. The van der Waals surface area contributed by atoms with Gasteiger partial charge in [0.1, 0.15) is 0 Å². The molecule has 0 saturated heterocycles. The fourth-order valence-corrected chi connectivity index (χ4v) is 7.22. The van der Waals surface area contributed by atoms with Crippen LogP contribution in [-0.4, -0.2) is 30.4 Å². The molecule has 0 spiro atoms. The van der Waals surface area contributed by atoms with E-state index in [1.54, 1.807) is 0 Å². The predicted molar refractivity (Wildman–Crippen MR) is 116 cm³/mol. The Kier molecular flexibility index (Phi) is 8.08. The van der Waals surface area contributed by atoms with Gasteiger partial charge in [-0.3, -0.25) is 0 Å². The molecule has 0 amide bonds. The average Bonchev–Trinajstić information content (AvgIpc) is 2.61. The number of hydrogen-bond donors (Lipinski definition) is 0. The van der Waals surface area contributed by atoms with E-state index in [1.165, 1.54) is 29.7 Å². The van der Waals surface area contributed by atoms with Crippen LogP contribution in [-0.2, 0) is 0 Å². The third-order valence-corrected chi connectivity index (χ3v) is 9.00. The van der Waals surface area contributed by atoms with Crippen molar-refractivity contribution in [3.63, 3.8) is 0 Å². The van der Waals surface area contributed by atoms with Crippen LogP contribution in [0.1, 0.15) is 16.7 Å². The van der Waals surface area contributed by atoms with Gasteiger partial charge in [-0.15, -0.1) is 0 Å². The second-order valence-corrected chi connectivity index (χ2v) is 12.8. The van der Waals surface area contributed by atoms with Crippen LogP contribution in [0.3, 0.4) is 0 Å². The van der Waals surface area contributed by atoms with Crippen LogP contribution in [0.15, 0.2) is 72.8 Å². The van der Waals surface area contributed by atoms with Crippen molar-refractivity contribution < 1.29 is 0 Å². The molecule has 3 aromatic carbocycles. The van der Waals surface area contributed by atoms with Crippen molar-refractivity contribution in [1.82, 2.24) is 0 Å². The molecule has 2 heteroatoms. The predicted octanol–water partition coefficient (Wildman–Crippen LogP) is 3.91. The Hall–Kier alpha value is -1.22. The van der Waals surface area contributed by atoms with E-state index in [0.717, 1.165) is 0 Å². The molecule has 0 fully saturated rings. The Balaban J connectivity index is 0.000000701. The van der Waals surface area contributed by atoms with Crippen molar-refractivity contribution in [2.75, 3.05) is 0 Å². The molecule has 25 heavy (non-hydrogen) atoms. The van der Waals surface area contributed by atoms with Gasteiger partial charge in [0, 0.05) is 0 Å². The molecular formula is C23H27As2. The van der Waals surface area contributed by atoms with Crippen molar-refractivity contribution in [3.8, 4) is 0 Å². The van der Waals surface area contributed by atoms with Crippen LogP contribution in [0.4, 0.5) is 0 Å². The van der Waals surface area contributed by atoms with E-state index in [-0.39, 0.29) is 0 Å². The molecular weight excluding hydrogens is 426 g/mol. The van der Waals surface area contributed by atoms with Gasteiger partial charge in [0.15, 0.2) is 0 Å². The molecule has 0 N–H and O–H groups in total. The first-order valence-electron chi connectivity index (χ1n) is 8.53. The minimum atomic E-state index is -1.45. The normalized spacial score (nSPS) is 10.3. The summed E-state index contributed by atoms with van der Waals surface area (Å²) in [4.78, 5) is 0. The first kappa shape index (κ1) is 20.1. The first-order chi connectivity index (χ1) is 12.0. The summed E-state index contributed by atoms with van der Waals surface area (Å²) < 4.78 is 4.47. The van der Waals surface area contributed by atoms with Crippen LogP contribution in [0.5, 0.6) is 0 Å². The molecule has 0 aromatic heterocycles. The Morgan fingerprint density at radius 2 is 0.680 bits per heavy atom. The maximum atomic E-state index is 2.31. The van der Waals surface area contributed by atoms with Gasteiger partial charge in [-0.25, -0.2) is 0 Å². The van der Waals surface area contributed by atoms with E-state index in [0.29, 0.717) is 15.8 Å². The molecule has 3 aromatic rings. The van der Waals surface area contributed by atoms with Gasteiger partial charge in [-0.2, -0.15) is 0 Å². The molecule has 0 atom stereocenters. The molecule has 0 saturated carbocycles. The van der Waals surface area contributed by atoms with E-state index in [2.05, 4.69) is 105 Å². The monoisotopic (exact) mass is 453 g/mol. The van der Waals surface area contributed by atoms with Gasteiger partial charge < -0.3 is 0 Å². The van der Waals surface area contributed by atoms with E-state index in [9.17, 15) is 0 Å². The van der Waals surface area contributed by atoms with Gasteiger partial charge in [0.25, 0.3) is 0 Å². The molecule has 0 heterocycles. The summed E-state index contributed by atoms with van der Waals surface area (Å²) in [6, 6.07) is 27.3. The molecule has 0 unspecified atom stereocenters. The van der Waals surface area contributed by atoms with Gasteiger partial charge >= 0.3 is 165 Å². The Morgan fingerprint density at radius 1 is 0.480 bits per heavy atom. The standard InChI is InChI=1S/C21H21As.C2H6As/c1-16-4-10-19(11-5-16)22(20-12-6-17(2)7-13-20)21-14-8-18(3)9-15-21;1-3-2/h4-15H,1-3H3;1-2H3. The van der Waals surface area contributed by atoms with Crippen molar-refractivity contribution in [3.05, 3.63) is 89.5 Å². The fourth-order valence-electron chi connectivity index (χ4n) is 2.53. The molecule has 129 valence electrons. The van der Waals surface area contributed by atoms with Crippen molar-refractivity contribution in [2.45, 2.75) is 32.2 Å². The third-order valence-electron chi connectivity index (χ3n) is 3.88. The van der Waals surface area contributed by atoms with Gasteiger partial charge in [-0.1, -0.05) is 0 Å². The van der Waals surface area contributed by atoms with Crippen molar-refractivity contribution in [2.24, 2.45) is 0 Å². The number of rotatable bonds is 3.